The minimum absolute atomic E-state index is 0.290. The molecule has 0 aliphatic heterocycles. The molecule has 21 heavy (non-hydrogen) atoms. The quantitative estimate of drug-likeness (QED) is 0.887. The number of amides is 1. The summed E-state index contributed by atoms with van der Waals surface area (Å²) >= 11 is 6.04. The van der Waals surface area contributed by atoms with Gasteiger partial charge in [-0.1, -0.05) is 24.6 Å². The second-order valence-electron chi connectivity index (χ2n) is 4.56. The first-order chi connectivity index (χ1) is 10.1. The highest BCUT2D eigenvalue weighted by molar-refractivity contribution is 6.31. The van der Waals surface area contributed by atoms with Gasteiger partial charge in [0.15, 0.2) is 0 Å². The van der Waals surface area contributed by atoms with Crippen molar-refractivity contribution in [2.24, 2.45) is 0 Å². The van der Waals surface area contributed by atoms with Crippen LogP contribution in [0, 0.1) is 6.92 Å². The van der Waals surface area contributed by atoms with Crippen LogP contribution >= 0.6 is 11.6 Å². The Bertz CT molecular complexity index is 645. The van der Waals surface area contributed by atoms with Crippen LogP contribution < -0.4 is 10.6 Å². The minimum Gasteiger partial charge on any atom is -0.354 e. The van der Waals surface area contributed by atoms with Crippen LogP contribution in [0.2, 0.25) is 5.02 Å². The number of nitrogens with zero attached hydrogens (tertiary/aromatic N) is 2. The predicted molar refractivity (Wildman–Crippen MR) is 85.0 cm³/mol. The summed E-state index contributed by atoms with van der Waals surface area (Å²) in [6.45, 7) is 4.66. The second kappa shape index (κ2) is 7.04. The van der Waals surface area contributed by atoms with Gasteiger partial charge in [-0.05, 0) is 37.1 Å². The summed E-state index contributed by atoms with van der Waals surface area (Å²) in [5.74, 6) is 0.162. The van der Waals surface area contributed by atoms with Gasteiger partial charge >= 0.3 is 0 Å². The largest absolute Gasteiger partial charge is 0.354 e. The summed E-state index contributed by atoms with van der Waals surface area (Å²) < 4.78 is 0. The molecule has 0 fully saturated rings. The molecule has 2 aromatic rings. The second-order valence-corrected chi connectivity index (χ2v) is 4.97. The van der Waals surface area contributed by atoms with E-state index in [2.05, 4.69) is 20.6 Å². The fraction of sp³-hybridized carbons (Fsp3) is 0.267. The van der Waals surface area contributed by atoms with E-state index in [0.29, 0.717) is 22.4 Å². The molecule has 0 aliphatic rings. The normalized spacial score (nSPS) is 10.2. The van der Waals surface area contributed by atoms with Crippen LogP contribution in [-0.2, 0) is 0 Å². The Labute approximate surface area is 128 Å². The molecule has 6 heteroatoms. The molecule has 1 amide bonds. The van der Waals surface area contributed by atoms with Gasteiger partial charge in [0, 0.05) is 23.5 Å². The molecule has 0 spiro atoms. The fourth-order valence-corrected chi connectivity index (χ4v) is 1.91. The number of hydrogen-bond acceptors (Lipinski definition) is 4. The molecule has 0 aliphatic carbocycles. The Balaban J connectivity index is 2.15. The molecule has 2 N–H and O–H groups in total. The molecule has 110 valence electrons. The fourth-order valence-electron chi connectivity index (χ4n) is 1.74. The standard InChI is InChI=1S/C15H17ClN4O/c1-3-8-17-15-18-9-7-13(20-15)14(21)19-12-6-4-5-11(16)10(12)2/h4-7,9H,3,8H2,1-2H3,(H,19,21)(H,17,18,20). The molecule has 5 nitrogen and oxygen atoms in total. The molecule has 2 rings (SSSR count). The Hall–Kier alpha value is -2.14. The van der Waals surface area contributed by atoms with E-state index in [0.717, 1.165) is 18.5 Å². The number of nitrogens with one attached hydrogen (secondary N) is 2. The number of benzene rings is 1. The van der Waals surface area contributed by atoms with Crippen LogP contribution in [0.25, 0.3) is 0 Å². The number of aromatic nitrogens is 2. The smallest absolute Gasteiger partial charge is 0.274 e. The molecule has 0 unspecified atom stereocenters. The first kappa shape index (κ1) is 15.3. The number of anilines is 2. The van der Waals surface area contributed by atoms with E-state index >= 15 is 0 Å². The van der Waals surface area contributed by atoms with Crippen LogP contribution in [0.4, 0.5) is 11.6 Å². The van der Waals surface area contributed by atoms with Gasteiger partial charge in [-0.3, -0.25) is 4.79 Å². The molecule has 0 bridgehead atoms. The van der Waals surface area contributed by atoms with Gasteiger partial charge in [-0.25, -0.2) is 9.97 Å². The van der Waals surface area contributed by atoms with E-state index in [9.17, 15) is 4.79 Å². The van der Waals surface area contributed by atoms with Gasteiger partial charge in [0.1, 0.15) is 5.69 Å². The van der Waals surface area contributed by atoms with E-state index in [1.807, 2.05) is 13.8 Å². The van der Waals surface area contributed by atoms with Gasteiger partial charge in [0.25, 0.3) is 5.91 Å². The maximum Gasteiger partial charge on any atom is 0.274 e. The summed E-state index contributed by atoms with van der Waals surface area (Å²) in [5, 5.41) is 6.47. The summed E-state index contributed by atoms with van der Waals surface area (Å²) in [6, 6.07) is 6.95. The highest BCUT2D eigenvalue weighted by Crippen LogP contribution is 2.23. The lowest BCUT2D eigenvalue weighted by molar-refractivity contribution is 0.102. The van der Waals surface area contributed by atoms with Gasteiger partial charge in [-0.2, -0.15) is 0 Å². The van der Waals surface area contributed by atoms with Gasteiger partial charge < -0.3 is 10.6 Å². The lowest BCUT2D eigenvalue weighted by Gasteiger charge is -2.09. The third-order valence-electron chi connectivity index (χ3n) is 2.94. The zero-order valence-electron chi connectivity index (χ0n) is 12.0. The number of rotatable bonds is 5. The molecule has 0 radical (unpaired) electrons. The molecule has 0 atom stereocenters. The van der Waals surface area contributed by atoms with Gasteiger partial charge in [0.2, 0.25) is 5.95 Å². The average molecular weight is 305 g/mol. The zero-order valence-corrected chi connectivity index (χ0v) is 12.7. The molecule has 0 saturated heterocycles. The van der Waals surface area contributed by atoms with Crippen LogP contribution in [0.15, 0.2) is 30.5 Å². The summed E-state index contributed by atoms with van der Waals surface area (Å²) in [7, 11) is 0. The Kier molecular flexibility index (Phi) is 5.11. The lowest BCUT2D eigenvalue weighted by Crippen LogP contribution is -2.16. The first-order valence-corrected chi connectivity index (χ1v) is 7.13. The summed E-state index contributed by atoms with van der Waals surface area (Å²) in [5.41, 5.74) is 1.81. The third kappa shape index (κ3) is 3.92. The van der Waals surface area contributed by atoms with Crippen molar-refractivity contribution in [2.45, 2.75) is 20.3 Å². The van der Waals surface area contributed by atoms with E-state index in [4.69, 9.17) is 11.6 Å². The maximum absolute atomic E-state index is 12.2. The minimum atomic E-state index is -0.290. The Morgan fingerprint density at radius 2 is 2.14 bits per heavy atom. The van der Waals surface area contributed by atoms with E-state index in [1.165, 1.54) is 0 Å². The number of carbonyl (C=O) groups excluding carboxylic acids is 1. The van der Waals surface area contributed by atoms with Gasteiger partial charge in [0.05, 0.1) is 0 Å². The SMILES string of the molecule is CCCNc1nccc(C(=O)Nc2cccc(Cl)c2C)n1. The summed E-state index contributed by atoms with van der Waals surface area (Å²) in [4.78, 5) is 20.5. The van der Waals surface area contributed by atoms with Crippen molar-refractivity contribution >= 4 is 29.1 Å². The predicted octanol–water partition coefficient (Wildman–Crippen LogP) is 3.51. The van der Waals surface area contributed by atoms with Crippen molar-refractivity contribution in [3.63, 3.8) is 0 Å². The van der Waals surface area contributed by atoms with Crippen LogP contribution in [0.5, 0.6) is 0 Å². The molecule has 1 aromatic carbocycles. The van der Waals surface area contributed by atoms with Crippen molar-refractivity contribution in [3.8, 4) is 0 Å². The third-order valence-corrected chi connectivity index (χ3v) is 3.35. The molecule has 0 saturated carbocycles. The number of hydrogen-bond donors (Lipinski definition) is 2. The van der Waals surface area contributed by atoms with Gasteiger partial charge in [-0.15, -0.1) is 0 Å². The van der Waals surface area contributed by atoms with Crippen molar-refractivity contribution in [3.05, 3.63) is 46.7 Å². The van der Waals surface area contributed by atoms with E-state index < -0.39 is 0 Å². The Morgan fingerprint density at radius 3 is 2.90 bits per heavy atom. The summed E-state index contributed by atoms with van der Waals surface area (Å²) in [6.07, 6.45) is 2.52. The van der Waals surface area contributed by atoms with Crippen LogP contribution in [0.1, 0.15) is 29.4 Å². The lowest BCUT2D eigenvalue weighted by atomic mass is 10.2. The van der Waals surface area contributed by atoms with Crippen molar-refractivity contribution in [1.82, 2.24) is 9.97 Å². The topological polar surface area (TPSA) is 66.9 Å². The monoisotopic (exact) mass is 304 g/mol. The van der Waals surface area contributed by atoms with E-state index in [1.54, 1.807) is 30.5 Å². The Morgan fingerprint density at radius 1 is 1.33 bits per heavy atom. The van der Waals surface area contributed by atoms with Crippen molar-refractivity contribution < 1.29 is 4.79 Å². The van der Waals surface area contributed by atoms with Crippen LogP contribution in [-0.4, -0.2) is 22.4 Å². The molecule has 1 heterocycles. The highest BCUT2D eigenvalue weighted by atomic mass is 35.5. The van der Waals surface area contributed by atoms with E-state index in [-0.39, 0.29) is 5.91 Å². The number of halogens is 1. The van der Waals surface area contributed by atoms with Crippen LogP contribution in [0.3, 0.4) is 0 Å². The maximum atomic E-state index is 12.2. The van der Waals surface area contributed by atoms with Crippen molar-refractivity contribution in [2.75, 3.05) is 17.2 Å². The first-order valence-electron chi connectivity index (χ1n) is 6.75. The number of carbonyl (C=O) groups is 1. The van der Waals surface area contributed by atoms with Crippen molar-refractivity contribution in [1.29, 1.82) is 0 Å². The molecule has 1 aromatic heterocycles. The highest BCUT2D eigenvalue weighted by Gasteiger charge is 2.11. The average Bonchev–Trinajstić information content (AvgIpc) is 2.50. The molecular weight excluding hydrogens is 288 g/mol. The molecular formula is C15H17ClN4O. The zero-order chi connectivity index (χ0) is 15.2.